The fourth-order valence-corrected chi connectivity index (χ4v) is 2.99. The van der Waals surface area contributed by atoms with Crippen molar-refractivity contribution in [2.45, 2.75) is 12.6 Å². The van der Waals surface area contributed by atoms with Gasteiger partial charge < -0.3 is 20.7 Å². The number of benzene rings is 1. The molecule has 3 heterocycles. The molecule has 2 amide bonds. The molecule has 1 aromatic carbocycles. The molecule has 3 aromatic rings. The molecule has 28 heavy (non-hydrogen) atoms. The topological polar surface area (TPSA) is 115 Å². The summed E-state index contributed by atoms with van der Waals surface area (Å²) < 4.78 is 21.0. The van der Waals surface area contributed by atoms with Gasteiger partial charge >= 0.3 is 0 Å². The Labute approximate surface area is 158 Å². The first kappa shape index (κ1) is 17.7. The minimum Gasteiger partial charge on any atom is -0.478 e. The quantitative estimate of drug-likeness (QED) is 0.631. The second-order valence-electron chi connectivity index (χ2n) is 6.44. The van der Waals surface area contributed by atoms with Crippen LogP contribution in [0.3, 0.4) is 0 Å². The lowest BCUT2D eigenvalue weighted by Gasteiger charge is -2.22. The number of nitrogens with zero attached hydrogens (tertiary/aromatic N) is 4. The van der Waals surface area contributed by atoms with Gasteiger partial charge in [-0.25, -0.2) is 13.9 Å². The van der Waals surface area contributed by atoms with Crippen molar-refractivity contribution in [2.24, 2.45) is 5.73 Å². The van der Waals surface area contributed by atoms with Gasteiger partial charge in [0.25, 0.3) is 11.8 Å². The lowest BCUT2D eigenvalue weighted by Crippen LogP contribution is -2.44. The Morgan fingerprint density at radius 2 is 2.21 bits per heavy atom. The monoisotopic (exact) mass is 384 g/mol. The predicted molar refractivity (Wildman–Crippen MR) is 97.4 cm³/mol. The summed E-state index contributed by atoms with van der Waals surface area (Å²) in [5.74, 6) is -0.795. The molecule has 1 aliphatic rings. The van der Waals surface area contributed by atoms with Crippen molar-refractivity contribution < 1.29 is 18.7 Å². The summed E-state index contributed by atoms with van der Waals surface area (Å²) in [5.41, 5.74) is 6.54. The first-order valence-electron chi connectivity index (χ1n) is 8.50. The molecule has 1 atom stereocenters. The summed E-state index contributed by atoms with van der Waals surface area (Å²) in [6.07, 6.45) is 1.95. The van der Waals surface area contributed by atoms with E-state index in [0.29, 0.717) is 22.8 Å². The number of anilines is 1. The Morgan fingerprint density at radius 1 is 1.39 bits per heavy atom. The zero-order valence-corrected chi connectivity index (χ0v) is 14.9. The summed E-state index contributed by atoms with van der Waals surface area (Å²) in [6, 6.07) is 5.72. The average Bonchev–Trinajstić information content (AvgIpc) is 3.08. The van der Waals surface area contributed by atoms with E-state index in [1.54, 1.807) is 24.2 Å². The van der Waals surface area contributed by atoms with Crippen LogP contribution >= 0.6 is 0 Å². The van der Waals surface area contributed by atoms with Gasteiger partial charge in [0.2, 0.25) is 0 Å². The van der Waals surface area contributed by atoms with Crippen LogP contribution in [0.4, 0.5) is 10.2 Å². The molecule has 4 rings (SSSR count). The normalized spacial score (nSPS) is 17.1. The van der Waals surface area contributed by atoms with Gasteiger partial charge in [-0.05, 0) is 24.3 Å². The van der Waals surface area contributed by atoms with Crippen molar-refractivity contribution in [2.75, 3.05) is 18.5 Å². The predicted octanol–water partition coefficient (Wildman–Crippen LogP) is 0.481. The number of primary amides is 1. The molecule has 3 N–H and O–H groups in total. The molecule has 2 bridgehead atoms. The molecular formula is C18H17FN6O3. The number of fused-ring (bicyclic) bond motifs is 2. The number of hydrogen-bond donors (Lipinski definition) is 2. The van der Waals surface area contributed by atoms with Crippen molar-refractivity contribution in [3.05, 3.63) is 53.6 Å². The van der Waals surface area contributed by atoms with Gasteiger partial charge in [-0.15, -0.1) is 0 Å². The van der Waals surface area contributed by atoms with E-state index < -0.39 is 23.7 Å². The summed E-state index contributed by atoms with van der Waals surface area (Å²) in [7, 11) is 1.77. The van der Waals surface area contributed by atoms with Crippen molar-refractivity contribution in [1.29, 1.82) is 0 Å². The second kappa shape index (κ2) is 6.80. The molecule has 1 unspecified atom stereocenters. The van der Waals surface area contributed by atoms with Crippen LogP contribution in [0.15, 0.2) is 36.7 Å². The number of hydrogen-bond acceptors (Lipinski definition) is 6. The number of nitrogens with one attached hydrogen (secondary N) is 1. The van der Waals surface area contributed by atoms with Crippen LogP contribution in [-0.2, 0) is 11.3 Å². The molecule has 9 nitrogen and oxygen atoms in total. The standard InChI is InChI=1S/C18H17FN6O3/c1-24-9-10-6-11(19)2-3-13(10)28-14(16(20)26)8-21-18(27)12-7-22-25-5-4-15(24)23-17(12)25/h2-7,14H,8-9H2,1H3,(H2,20,26)(H,21,27). The summed E-state index contributed by atoms with van der Waals surface area (Å²) in [4.78, 5) is 30.6. The van der Waals surface area contributed by atoms with E-state index in [1.807, 2.05) is 0 Å². The van der Waals surface area contributed by atoms with Gasteiger partial charge in [0.05, 0.1) is 12.7 Å². The lowest BCUT2D eigenvalue weighted by molar-refractivity contribution is -0.124. The minimum atomic E-state index is -1.12. The van der Waals surface area contributed by atoms with E-state index >= 15 is 0 Å². The molecule has 0 saturated heterocycles. The van der Waals surface area contributed by atoms with Gasteiger partial charge in [0.1, 0.15) is 22.9 Å². The number of rotatable bonds is 1. The SMILES string of the molecule is CN1Cc2cc(F)ccc2OC(C(N)=O)CNC(=O)c2cnn3ccc1nc23. The lowest BCUT2D eigenvalue weighted by atomic mass is 10.1. The molecule has 2 aromatic heterocycles. The number of amides is 2. The highest BCUT2D eigenvalue weighted by Gasteiger charge is 2.23. The molecule has 0 fully saturated rings. The first-order chi connectivity index (χ1) is 13.4. The molecule has 0 aliphatic carbocycles. The minimum absolute atomic E-state index is 0.155. The van der Waals surface area contributed by atoms with Crippen LogP contribution < -0.4 is 20.7 Å². The second-order valence-corrected chi connectivity index (χ2v) is 6.44. The average molecular weight is 384 g/mol. The van der Waals surface area contributed by atoms with Gasteiger partial charge in [0, 0.05) is 25.4 Å². The zero-order valence-electron chi connectivity index (χ0n) is 14.9. The Balaban J connectivity index is 1.83. The number of carbonyl (C=O) groups excluding carboxylic acids is 2. The van der Waals surface area contributed by atoms with Crippen molar-refractivity contribution in [3.63, 3.8) is 0 Å². The van der Waals surface area contributed by atoms with E-state index in [9.17, 15) is 14.0 Å². The Kier molecular flexibility index (Phi) is 4.30. The molecule has 144 valence electrons. The van der Waals surface area contributed by atoms with E-state index in [-0.39, 0.29) is 18.7 Å². The van der Waals surface area contributed by atoms with Gasteiger partial charge in [-0.2, -0.15) is 5.10 Å². The molecule has 0 radical (unpaired) electrons. The van der Waals surface area contributed by atoms with Gasteiger partial charge in [-0.1, -0.05) is 0 Å². The van der Waals surface area contributed by atoms with Crippen molar-refractivity contribution in [1.82, 2.24) is 19.9 Å². The molecule has 1 aliphatic heterocycles. The van der Waals surface area contributed by atoms with Crippen LogP contribution in [0.2, 0.25) is 0 Å². The molecular weight excluding hydrogens is 367 g/mol. The summed E-state index contributed by atoms with van der Waals surface area (Å²) in [6.45, 7) is 0.102. The smallest absolute Gasteiger partial charge is 0.260 e. The van der Waals surface area contributed by atoms with Crippen LogP contribution in [-0.4, -0.2) is 46.1 Å². The van der Waals surface area contributed by atoms with E-state index in [4.69, 9.17) is 10.5 Å². The number of nitrogens with two attached hydrogens (primary N) is 1. The number of aromatic nitrogens is 3. The number of carbonyl (C=O) groups is 2. The highest BCUT2D eigenvalue weighted by atomic mass is 19.1. The fraction of sp³-hybridized carbons (Fsp3) is 0.222. The Bertz CT molecular complexity index is 1080. The first-order valence-corrected chi connectivity index (χ1v) is 8.50. The van der Waals surface area contributed by atoms with Crippen molar-refractivity contribution >= 4 is 23.3 Å². The van der Waals surface area contributed by atoms with E-state index in [0.717, 1.165) is 0 Å². The third kappa shape index (κ3) is 3.20. The largest absolute Gasteiger partial charge is 0.478 e. The van der Waals surface area contributed by atoms with Crippen molar-refractivity contribution in [3.8, 4) is 5.75 Å². The maximum Gasteiger partial charge on any atom is 0.260 e. The molecule has 0 saturated carbocycles. The highest BCUT2D eigenvalue weighted by Crippen LogP contribution is 2.25. The summed E-state index contributed by atoms with van der Waals surface area (Å²) >= 11 is 0. The van der Waals surface area contributed by atoms with Crippen LogP contribution in [0.1, 0.15) is 15.9 Å². The van der Waals surface area contributed by atoms with E-state index in [1.165, 1.54) is 28.9 Å². The summed E-state index contributed by atoms with van der Waals surface area (Å²) in [5, 5.41) is 6.73. The number of halogens is 1. The van der Waals surface area contributed by atoms with Gasteiger partial charge in [0.15, 0.2) is 11.8 Å². The highest BCUT2D eigenvalue weighted by molar-refractivity contribution is 6.00. The Morgan fingerprint density at radius 3 is 3.00 bits per heavy atom. The molecule has 0 spiro atoms. The van der Waals surface area contributed by atoms with Crippen LogP contribution in [0.25, 0.3) is 5.65 Å². The fourth-order valence-electron chi connectivity index (χ4n) is 2.99. The number of ether oxygens (including phenoxy) is 1. The molecule has 10 heteroatoms. The zero-order chi connectivity index (χ0) is 19.8. The maximum atomic E-state index is 13.8. The third-order valence-electron chi connectivity index (χ3n) is 4.45. The van der Waals surface area contributed by atoms with Gasteiger partial charge in [-0.3, -0.25) is 9.59 Å². The maximum absolute atomic E-state index is 13.8. The Hall–Kier alpha value is -3.69. The van der Waals surface area contributed by atoms with Crippen LogP contribution in [0.5, 0.6) is 5.75 Å². The third-order valence-corrected chi connectivity index (χ3v) is 4.45. The van der Waals surface area contributed by atoms with Crippen LogP contribution in [0, 0.1) is 5.82 Å². The van der Waals surface area contributed by atoms with E-state index in [2.05, 4.69) is 15.4 Å².